The second-order valence-electron chi connectivity index (χ2n) is 4.03. The molecular weight excluding hydrogens is 192 g/mol. The first kappa shape index (κ1) is 10.2. The lowest BCUT2D eigenvalue weighted by atomic mass is 9.96. The maximum Gasteiger partial charge on any atom is 0.252 e. The predicted molar refractivity (Wildman–Crippen MR) is 58.6 cm³/mol. The fourth-order valence-electron chi connectivity index (χ4n) is 2.00. The van der Waals surface area contributed by atoms with Crippen molar-refractivity contribution in [2.24, 2.45) is 5.92 Å². The molecule has 1 aromatic heterocycles. The summed E-state index contributed by atoms with van der Waals surface area (Å²) in [5, 5.41) is 3.33. The first-order chi connectivity index (χ1) is 7.24. The number of aromatic amines is 1. The maximum absolute atomic E-state index is 11.2. The van der Waals surface area contributed by atoms with Crippen LogP contribution in [0.5, 0.6) is 0 Å². The lowest BCUT2D eigenvalue weighted by Gasteiger charge is -2.21. The molecule has 1 saturated heterocycles. The van der Waals surface area contributed by atoms with Gasteiger partial charge in [-0.05, 0) is 31.8 Å². The molecular formula is C10H16N4O. The molecule has 0 aliphatic carbocycles. The number of anilines is 1. The summed E-state index contributed by atoms with van der Waals surface area (Å²) in [4.78, 5) is 18.0. The van der Waals surface area contributed by atoms with E-state index in [0.29, 0.717) is 17.6 Å². The Morgan fingerprint density at radius 3 is 3.13 bits per heavy atom. The highest BCUT2D eigenvalue weighted by Gasteiger charge is 2.14. The van der Waals surface area contributed by atoms with Gasteiger partial charge in [-0.3, -0.25) is 4.79 Å². The second-order valence-corrected chi connectivity index (χ2v) is 4.03. The van der Waals surface area contributed by atoms with Gasteiger partial charge < -0.3 is 16.0 Å². The van der Waals surface area contributed by atoms with Gasteiger partial charge >= 0.3 is 0 Å². The summed E-state index contributed by atoms with van der Waals surface area (Å²) < 4.78 is 0. The number of hydrogen-bond acceptors (Lipinski definition) is 4. The first-order valence-electron chi connectivity index (χ1n) is 5.30. The summed E-state index contributed by atoms with van der Waals surface area (Å²) in [6.45, 7) is 2.09. The predicted octanol–water partition coefficient (Wildman–Crippen LogP) is -0.106. The third-order valence-corrected chi connectivity index (χ3v) is 2.69. The molecule has 4 N–H and O–H groups in total. The van der Waals surface area contributed by atoms with Crippen LogP contribution in [0.1, 0.15) is 18.7 Å². The van der Waals surface area contributed by atoms with Crippen LogP contribution < -0.4 is 16.6 Å². The monoisotopic (exact) mass is 208 g/mol. The lowest BCUT2D eigenvalue weighted by molar-refractivity contribution is 0.370. The van der Waals surface area contributed by atoms with Crippen molar-refractivity contribution in [1.82, 2.24) is 15.3 Å². The van der Waals surface area contributed by atoms with Gasteiger partial charge in [0.1, 0.15) is 11.6 Å². The molecule has 0 amide bonds. The van der Waals surface area contributed by atoms with E-state index in [1.165, 1.54) is 18.9 Å². The SMILES string of the molecule is Nc1cc(=O)[nH]c(CC2CCCNC2)n1. The number of aromatic nitrogens is 2. The Hall–Kier alpha value is -1.36. The van der Waals surface area contributed by atoms with E-state index in [-0.39, 0.29) is 5.56 Å². The second kappa shape index (κ2) is 4.44. The average Bonchev–Trinajstić information content (AvgIpc) is 2.17. The summed E-state index contributed by atoms with van der Waals surface area (Å²) in [5.41, 5.74) is 5.35. The van der Waals surface area contributed by atoms with Gasteiger partial charge in [0.2, 0.25) is 0 Å². The van der Waals surface area contributed by atoms with Crippen LogP contribution in [0.15, 0.2) is 10.9 Å². The molecule has 1 aliphatic rings. The lowest BCUT2D eigenvalue weighted by Crippen LogP contribution is -2.31. The van der Waals surface area contributed by atoms with Crippen molar-refractivity contribution >= 4 is 5.82 Å². The molecule has 0 spiro atoms. The molecule has 1 fully saturated rings. The maximum atomic E-state index is 11.2. The van der Waals surface area contributed by atoms with Gasteiger partial charge in [0.05, 0.1) is 0 Å². The number of nitrogen functional groups attached to an aromatic ring is 1. The minimum absolute atomic E-state index is 0.165. The fourth-order valence-corrected chi connectivity index (χ4v) is 2.00. The molecule has 82 valence electrons. The van der Waals surface area contributed by atoms with Crippen molar-refractivity contribution in [3.8, 4) is 0 Å². The molecule has 5 nitrogen and oxygen atoms in total. The van der Waals surface area contributed by atoms with Crippen molar-refractivity contribution in [1.29, 1.82) is 0 Å². The Labute approximate surface area is 88.1 Å². The molecule has 5 heteroatoms. The van der Waals surface area contributed by atoms with Crippen molar-refractivity contribution in [2.75, 3.05) is 18.8 Å². The van der Waals surface area contributed by atoms with Gasteiger partial charge in [-0.25, -0.2) is 4.98 Å². The molecule has 1 aromatic rings. The molecule has 0 saturated carbocycles. The molecule has 0 radical (unpaired) electrons. The molecule has 2 heterocycles. The molecule has 1 atom stereocenters. The molecule has 15 heavy (non-hydrogen) atoms. The summed E-state index contributed by atoms with van der Waals surface area (Å²) in [5.74, 6) is 1.56. The average molecular weight is 208 g/mol. The van der Waals surface area contributed by atoms with Gasteiger partial charge in [-0.2, -0.15) is 0 Å². The Morgan fingerprint density at radius 2 is 2.47 bits per heavy atom. The number of nitrogens with zero attached hydrogens (tertiary/aromatic N) is 1. The van der Waals surface area contributed by atoms with Gasteiger partial charge in [0, 0.05) is 12.5 Å². The molecule has 1 unspecified atom stereocenters. The minimum atomic E-state index is -0.165. The standard InChI is InChI=1S/C10H16N4O/c11-8-5-10(15)14-9(13-8)4-7-2-1-3-12-6-7/h5,7,12H,1-4,6H2,(H3,11,13,14,15). The number of nitrogens with one attached hydrogen (secondary N) is 2. The Kier molecular flexibility index (Phi) is 3.01. The zero-order chi connectivity index (χ0) is 10.7. The highest BCUT2D eigenvalue weighted by Crippen LogP contribution is 2.13. The van der Waals surface area contributed by atoms with Crippen LogP contribution in [0.3, 0.4) is 0 Å². The molecule has 0 aromatic carbocycles. The van der Waals surface area contributed by atoms with Crippen molar-refractivity contribution in [3.63, 3.8) is 0 Å². The topological polar surface area (TPSA) is 83.8 Å². The van der Waals surface area contributed by atoms with Crippen LogP contribution in [0.4, 0.5) is 5.82 Å². The molecule has 1 aliphatic heterocycles. The van der Waals surface area contributed by atoms with Gasteiger partial charge in [-0.1, -0.05) is 0 Å². The summed E-state index contributed by atoms with van der Waals surface area (Å²) >= 11 is 0. The number of nitrogens with two attached hydrogens (primary N) is 1. The summed E-state index contributed by atoms with van der Waals surface area (Å²) in [6.07, 6.45) is 3.18. The normalized spacial score (nSPS) is 21.5. The Balaban J connectivity index is 2.06. The minimum Gasteiger partial charge on any atom is -0.383 e. The van der Waals surface area contributed by atoms with E-state index in [9.17, 15) is 4.79 Å². The number of rotatable bonds is 2. The van der Waals surface area contributed by atoms with Gasteiger partial charge in [0.15, 0.2) is 0 Å². The first-order valence-corrected chi connectivity index (χ1v) is 5.30. The van der Waals surface area contributed by atoms with Gasteiger partial charge in [-0.15, -0.1) is 0 Å². The van der Waals surface area contributed by atoms with E-state index >= 15 is 0 Å². The third kappa shape index (κ3) is 2.79. The zero-order valence-electron chi connectivity index (χ0n) is 8.62. The van der Waals surface area contributed by atoms with E-state index in [0.717, 1.165) is 19.5 Å². The van der Waals surface area contributed by atoms with Crippen LogP contribution >= 0.6 is 0 Å². The molecule has 2 rings (SSSR count). The highest BCUT2D eigenvalue weighted by atomic mass is 16.1. The van der Waals surface area contributed by atoms with Crippen LogP contribution in [0.2, 0.25) is 0 Å². The smallest absolute Gasteiger partial charge is 0.252 e. The van der Waals surface area contributed by atoms with Crippen LogP contribution in [-0.4, -0.2) is 23.1 Å². The van der Waals surface area contributed by atoms with Crippen LogP contribution in [0, 0.1) is 5.92 Å². The van der Waals surface area contributed by atoms with E-state index < -0.39 is 0 Å². The number of H-pyrrole nitrogens is 1. The summed E-state index contributed by atoms with van der Waals surface area (Å²) in [7, 11) is 0. The van der Waals surface area contributed by atoms with Crippen molar-refractivity contribution < 1.29 is 0 Å². The number of hydrogen-bond donors (Lipinski definition) is 3. The van der Waals surface area contributed by atoms with E-state index in [4.69, 9.17) is 5.73 Å². The van der Waals surface area contributed by atoms with Crippen LogP contribution in [0.25, 0.3) is 0 Å². The van der Waals surface area contributed by atoms with Crippen LogP contribution in [-0.2, 0) is 6.42 Å². The third-order valence-electron chi connectivity index (χ3n) is 2.69. The summed E-state index contributed by atoms with van der Waals surface area (Å²) in [6, 6.07) is 1.31. The Morgan fingerprint density at radius 1 is 1.60 bits per heavy atom. The van der Waals surface area contributed by atoms with Crippen molar-refractivity contribution in [3.05, 3.63) is 22.2 Å². The quantitative estimate of drug-likeness (QED) is 0.633. The van der Waals surface area contributed by atoms with E-state index in [1.807, 2.05) is 0 Å². The van der Waals surface area contributed by atoms with E-state index in [1.54, 1.807) is 0 Å². The van der Waals surface area contributed by atoms with Crippen molar-refractivity contribution in [2.45, 2.75) is 19.3 Å². The Bertz CT molecular complexity index is 381. The highest BCUT2D eigenvalue weighted by molar-refractivity contribution is 5.25. The van der Waals surface area contributed by atoms with Gasteiger partial charge in [0.25, 0.3) is 5.56 Å². The largest absolute Gasteiger partial charge is 0.383 e. The fraction of sp³-hybridized carbons (Fsp3) is 0.600. The molecule has 0 bridgehead atoms. The number of piperidine rings is 1. The zero-order valence-corrected chi connectivity index (χ0v) is 8.62. The van der Waals surface area contributed by atoms with E-state index in [2.05, 4.69) is 15.3 Å².